The lowest BCUT2D eigenvalue weighted by atomic mass is 9.82. The summed E-state index contributed by atoms with van der Waals surface area (Å²) in [5, 5.41) is 10.4. The van der Waals surface area contributed by atoms with Crippen LogP contribution in [0, 0.1) is 5.92 Å². The van der Waals surface area contributed by atoms with Crippen LogP contribution in [-0.2, 0) is 14.3 Å². The number of carbonyl (C=O) groups excluding carboxylic acids is 1. The van der Waals surface area contributed by atoms with Gasteiger partial charge in [0.2, 0.25) is 11.9 Å². The van der Waals surface area contributed by atoms with Gasteiger partial charge in [0.25, 0.3) is 0 Å². The highest BCUT2D eigenvalue weighted by molar-refractivity contribution is 5.94. The zero-order valence-corrected chi connectivity index (χ0v) is 17.6. The Labute approximate surface area is 183 Å². The van der Waals surface area contributed by atoms with E-state index in [-0.39, 0.29) is 11.5 Å². The van der Waals surface area contributed by atoms with Crippen molar-refractivity contribution in [1.82, 2.24) is 14.9 Å². The van der Waals surface area contributed by atoms with E-state index in [9.17, 15) is 18.0 Å². The third kappa shape index (κ3) is 6.41. The van der Waals surface area contributed by atoms with E-state index in [1.165, 1.54) is 6.42 Å². The van der Waals surface area contributed by atoms with Crippen molar-refractivity contribution in [1.29, 1.82) is 0 Å². The number of nitrogens with one attached hydrogen (secondary N) is 1. The molecule has 0 bridgehead atoms. The number of ether oxygens (including phenoxy) is 1. The molecule has 1 aromatic heterocycles. The molecule has 32 heavy (non-hydrogen) atoms. The van der Waals surface area contributed by atoms with E-state index < -0.39 is 12.1 Å². The van der Waals surface area contributed by atoms with Crippen molar-refractivity contribution in [2.45, 2.75) is 50.3 Å². The number of halogens is 3. The topological polar surface area (TPSA) is 105 Å². The number of rotatable bonds is 4. The number of likely N-dealkylation sites (tertiary alicyclic amines) is 1. The van der Waals surface area contributed by atoms with Gasteiger partial charge in [-0.1, -0.05) is 6.08 Å². The Bertz CT molecular complexity index is 816. The van der Waals surface area contributed by atoms with Crippen molar-refractivity contribution in [3.8, 4) is 0 Å². The maximum atomic E-state index is 12.5. The Morgan fingerprint density at radius 2 is 1.94 bits per heavy atom. The second kappa shape index (κ2) is 10.3. The van der Waals surface area contributed by atoms with Crippen molar-refractivity contribution < 1.29 is 32.6 Å². The van der Waals surface area contributed by atoms with Gasteiger partial charge in [0, 0.05) is 24.5 Å². The molecule has 2 N–H and O–H groups in total. The van der Waals surface area contributed by atoms with E-state index in [2.05, 4.69) is 21.4 Å². The van der Waals surface area contributed by atoms with Gasteiger partial charge in [-0.3, -0.25) is 4.79 Å². The molecule has 1 aliphatic carbocycles. The minimum absolute atomic E-state index is 0.0926. The maximum Gasteiger partial charge on any atom is 0.490 e. The van der Waals surface area contributed by atoms with Crippen LogP contribution in [0.1, 0.15) is 38.5 Å². The number of hydrogen-bond donors (Lipinski definition) is 2. The van der Waals surface area contributed by atoms with E-state index in [1.54, 1.807) is 12.4 Å². The number of carboxylic acids is 1. The lowest BCUT2D eigenvalue weighted by Crippen LogP contribution is -2.66. The van der Waals surface area contributed by atoms with Crippen LogP contribution in [0.5, 0.6) is 0 Å². The first-order valence-electron chi connectivity index (χ1n) is 10.6. The summed E-state index contributed by atoms with van der Waals surface area (Å²) < 4.78 is 37.9. The summed E-state index contributed by atoms with van der Waals surface area (Å²) in [5.41, 5.74) is 0.923. The summed E-state index contributed by atoms with van der Waals surface area (Å²) in [4.78, 5) is 31.7. The Kier molecular flexibility index (Phi) is 7.70. The van der Waals surface area contributed by atoms with Gasteiger partial charge in [-0.2, -0.15) is 13.2 Å². The molecular formula is C21H27F3N4O4. The second-order valence-corrected chi connectivity index (χ2v) is 8.29. The number of allylic oxidation sites excluding steroid dienone is 1. The van der Waals surface area contributed by atoms with Gasteiger partial charge in [0.15, 0.2) is 0 Å². The minimum Gasteiger partial charge on any atom is -0.475 e. The molecule has 1 amide bonds. The summed E-state index contributed by atoms with van der Waals surface area (Å²) in [5.74, 6) is -1.38. The average molecular weight is 456 g/mol. The summed E-state index contributed by atoms with van der Waals surface area (Å²) in [6, 6.07) is 1.81. The molecule has 0 radical (unpaired) electrons. The Morgan fingerprint density at radius 1 is 1.25 bits per heavy atom. The Balaban J connectivity index is 0.000000360. The predicted molar refractivity (Wildman–Crippen MR) is 109 cm³/mol. The van der Waals surface area contributed by atoms with Gasteiger partial charge in [-0.15, -0.1) is 0 Å². The fraction of sp³-hybridized carbons (Fsp3) is 0.619. The number of nitrogens with zero attached hydrogens (tertiary/aromatic N) is 3. The highest BCUT2D eigenvalue weighted by atomic mass is 19.4. The van der Waals surface area contributed by atoms with Gasteiger partial charge >= 0.3 is 12.1 Å². The van der Waals surface area contributed by atoms with Crippen molar-refractivity contribution >= 4 is 17.8 Å². The van der Waals surface area contributed by atoms with Gasteiger partial charge in [-0.25, -0.2) is 14.8 Å². The molecule has 1 unspecified atom stereocenters. The molecule has 8 nitrogen and oxygen atoms in total. The van der Waals surface area contributed by atoms with Crippen LogP contribution in [0.4, 0.5) is 19.1 Å². The number of amides is 1. The number of alkyl halides is 3. The smallest absolute Gasteiger partial charge is 0.475 e. The lowest BCUT2D eigenvalue weighted by molar-refractivity contribution is -0.192. The maximum absolute atomic E-state index is 12.5. The zero-order valence-electron chi connectivity index (χ0n) is 17.6. The van der Waals surface area contributed by atoms with Gasteiger partial charge in [-0.05, 0) is 50.5 Å². The van der Waals surface area contributed by atoms with Crippen LogP contribution in [0.15, 0.2) is 30.1 Å². The Hall–Kier alpha value is -2.69. The van der Waals surface area contributed by atoms with E-state index >= 15 is 0 Å². The molecule has 1 aromatic rings. The molecule has 11 heteroatoms. The van der Waals surface area contributed by atoms with Crippen LogP contribution in [0.3, 0.4) is 0 Å². The minimum atomic E-state index is -5.08. The monoisotopic (exact) mass is 456 g/mol. The van der Waals surface area contributed by atoms with Crippen LogP contribution in [0.2, 0.25) is 0 Å². The quantitative estimate of drug-likeness (QED) is 0.718. The van der Waals surface area contributed by atoms with E-state index in [4.69, 9.17) is 14.6 Å². The number of anilines is 1. The number of aromatic nitrogens is 2. The highest BCUT2D eigenvalue weighted by Gasteiger charge is 2.48. The molecule has 176 valence electrons. The molecule has 4 rings (SSSR count). The molecular weight excluding hydrogens is 429 g/mol. The van der Waals surface area contributed by atoms with E-state index in [0.29, 0.717) is 11.9 Å². The summed E-state index contributed by atoms with van der Waals surface area (Å²) in [6.45, 7) is 3.08. The SMILES string of the molecule is O=C(C1=CCCCC1)N1CC2(CCC(CNc3ncccn3)CO2)C1.O=C(O)C(F)(F)F. The normalized spacial score (nSPS) is 22.2. The van der Waals surface area contributed by atoms with Crippen LogP contribution in [0.25, 0.3) is 0 Å². The van der Waals surface area contributed by atoms with E-state index in [1.807, 2.05) is 11.0 Å². The number of carboxylic acid groups (broad SMARTS) is 1. The average Bonchev–Trinajstić information content (AvgIpc) is 2.77. The van der Waals surface area contributed by atoms with E-state index in [0.717, 1.165) is 63.9 Å². The molecule has 1 spiro atoms. The first kappa shape index (κ1) is 24.0. The van der Waals surface area contributed by atoms with Gasteiger partial charge in [0.05, 0.1) is 19.7 Å². The second-order valence-electron chi connectivity index (χ2n) is 8.29. The predicted octanol–water partition coefficient (Wildman–Crippen LogP) is 3.03. The lowest BCUT2D eigenvalue weighted by Gasteiger charge is -2.53. The van der Waals surface area contributed by atoms with Crippen molar-refractivity contribution in [3.05, 3.63) is 30.1 Å². The highest BCUT2D eigenvalue weighted by Crippen LogP contribution is 2.37. The Morgan fingerprint density at radius 3 is 2.47 bits per heavy atom. The van der Waals surface area contributed by atoms with Gasteiger partial charge < -0.3 is 20.1 Å². The van der Waals surface area contributed by atoms with Crippen LogP contribution >= 0.6 is 0 Å². The fourth-order valence-electron chi connectivity index (χ4n) is 3.98. The molecule has 2 saturated heterocycles. The zero-order chi connectivity index (χ0) is 23.2. The van der Waals surface area contributed by atoms with Crippen LogP contribution in [-0.4, -0.2) is 69.9 Å². The molecule has 1 atom stereocenters. The molecule has 2 aliphatic heterocycles. The van der Waals surface area contributed by atoms with Crippen molar-refractivity contribution in [2.75, 3.05) is 31.6 Å². The molecule has 3 aliphatic rings. The molecule has 0 saturated carbocycles. The number of aliphatic carboxylic acids is 1. The number of carbonyl (C=O) groups is 2. The summed E-state index contributed by atoms with van der Waals surface area (Å²) >= 11 is 0. The summed E-state index contributed by atoms with van der Waals surface area (Å²) in [6.07, 6.45) is 7.02. The summed E-state index contributed by atoms with van der Waals surface area (Å²) in [7, 11) is 0. The fourth-order valence-corrected chi connectivity index (χ4v) is 3.98. The van der Waals surface area contributed by atoms with Crippen molar-refractivity contribution in [3.63, 3.8) is 0 Å². The third-order valence-corrected chi connectivity index (χ3v) is 5.80. The van der Waals surface area contributed by atoms with Crippen LogP contribution < -0.4 is 5.32 Å². The molecule has 2 fully saturated rings. The van der Waals surface area contributed by atoms with Gasteiger partial charge in [0.1, 0.15) is 5.60 Å². The third-order valence-electron chi connectivity index (χ3n) is 5.80. The largest absolute Gasteiger partial charge is 0.490 e. The molecule has 3 heterocycles. The number of hydrogen-bond acceptors (Lipinski definition) is 6. The first-order chi connectivity index (χ1) is 15.2. The standard InChI is InChI=1S/C19H26N4O2.C2HF3O2/c24-17(16-5-2-1-3-6-16)23-13-19(14-23)8-7-15(12-25-19)11-22-18-20-9-4-10-21-18;3-2(4,5)1(6)7/h4-5,9-10,15H,1-3,6-8,11-14H2,(H,20,21,22);(H,6,7). The van der Waals surface area contributed by atoms with Crippen molar-refractivity contribution in [2.24, 2.45) is 5.92 Å². The first-order valence-corrected chi connectivity index (χ1v) is 10.6. The molecule has 0 aromatic carbocycles.